The summed E-state index contributed by atoms with van der Waals surface area (Å²) in [5, 5.41) is 9.13. The van der Waals surface area contributed by atoms with Crippen LogP contribution >= 0.6 is 0 Å². The number of hydrogen-bond donors (Lipinski definition) is 1. The Morgan fingerprint density at radius 3 is 2.24 bits per heavy atom. The highest BCUT2D eigenvalue weighted by molar-refractivity contribution is 5.79. The lowest BCUT2D eigenvalue weighted by Crippen LogP contribution is -2.43. The summed E-state index contributed by atoms with van der Waals surface area (Å²) in [6.45, 7) is 9.37. The number of carbonyl (C=O) groups excluding carboxylic acids is 2. The molecule has 1 aliphatic heterocycles. The Hall–Kier alpha value is -3.55. The Balaban J connectivity index is 1.44. The lowest BCUT2D eigenvalue weighted by atomic mass is 9.89. The summed E-state index contributed by atoms with van der Waals surface area (Å²) in [6.07, 6.45) is 0.173. The first-order valence-corrected chi connectivity index (χ1v) is 13.3. The van der Waals surface area contributed by atoms with Crippen LogP contribution in [-0.4, -0.2) is 71.4 Å². The van der Waals surface area contributed by atoms with E-state index in [0.29, 0.717) is 32.5 Å². The second-order valence-electron chi connectivity index (χ2n) is 11.7. The molecule has 2 aromatic rings. The van der Waals surface area contributed by atoms with Crippen molar-refractivity contribution in [1.29, 1.82) is 0 Å². The van der Waals surface area contributed by atoms with Gasteiger partial charge in [0.2, 0.25) is 0 Å². The molecule has 2 aromatic carbocycles. The normalized spacial score (nSPS) is 18.6. The Morgan fingerprint density at radius 2 is 1.66 bits per heavy atom. The number of rotatable bonds is 8. The molecule has 1 atom stereocenters. The van der Waals surface area contributed by atoms with E-state index in [1.807, 2.05) is 52.0 Å². The molecule has 2 amide bonds. The van der Waals surface area contributed by atoms with Crippen LogP contribution in [0.4, 0.5) is 9.59 Å². The molecule has 38 heavy (non-hydrogen) atoms. The van der Waals surface area contributed by atoms with Crippen molar-refractivity contribution < 1.29 is 29.0 Å². The topological polar surface area (TPSA) is 96.4 Å². The van der Waals surface area contributed by atoms with Crippen LogP contribution in [0.25, 0.3) is 11.1 Å². The molecular weight excluding hydrogens is 484 g/mol. The van der Waals surface area contributed by atoms with Gasteiger partial charge in [-0.1, -0.05) is 55.5 Å². The number of carboxylic acid groups (broad SMARTS) is 1. The summed E-state index contributed by atoms with van der Waals surface area (Å²) < 4.78 is 11.4. The van der Waals surface area contributed by atoms with Crippen molar-refractivity contribution >= 4 is 18.2 Å². The van der Waals surface area contributed by atoms with Gasteiger partial charge in [0.1, 0.15) is 12.2 Å². The van der Waals surface area contributed by atoms with Crippen LogP contribution < -0.4 is 0 Å². The van der Waals surface area contributed by atoms with Crippen molar-refractivity contribution in [3.8, 4) is 11.1 Å². The van der Waals surface area contributed by atoms with Gasteiger partial charge in [-0.05, 0) is 55.9 Å². The van der Waals surface area contributed by atoms with E-state index < -0.39 is 17.7 Å². The minimum atomic E-state index is -0.902. The van der Waals surface area contributed by atoms with Crippen molar-refractivity contribution in [2.24, 2.45) is 5.41 Å². The van der Waals surface area contributed by atoms with E-state index in [9.17, 15) is 14.4 Å². The van der Waals surface area contributed by atoms with E-state index in [4.69, 9.17) is 14.6 Å². The van der Waals surface area contributed by atoms with Crippen LogP contribution in [0.3, 0.4) is 0 Å². The molecule has 8 nitrogen and oxygen atoms in total. The second-order valence-corrected chi connectivity index (χ2v) is 11.7. The largest absolute Gasteiger partial charge is 0.481 e. The molecule has 0 saturated carbocycles. The monoisotopic (exact) mass is 522 g/mol. The second kappa shape index (κ2) is 11.1. The van der Waals surface area contributed by atoms with Crippen LogP contribution in [-0.2, 0) is 14.3 Å². The molecule has 0 bridgehead atoms. The zero-order chi connectivity index (χ0) is 27.5. The first-order valence-electron chi connectivity index (χ1n) is 13.3. The molecule has 0 radical (unpaired) electrons. The molecule has 1 heterocycles. The van der Waals surface area contributed by atoms with Crippen LogP contribution in [0.15, 0.2) is 48.5 Å². The molecule has 8 heteroatoms. The maximum Gasteiger partial charge on any atom is 0.410 e. The smallest absolute Gasteiger partial charge is 0.410 e. The minimum Gasteiger partial charge on any atom is -0.481 e. The summed E-state index contributed by atoms with van der Waals surface area (Å²) in [7, 11) is 0. The third-order valence-electron chi connectivity index (χ3n) is 7.20. The van der Waals surface area contributed by atoms with Crippen LogP contribution in [0, 0.1) is 5.41 Å². The molecule has 2 aliphatic rings. The summed E-state index contributed by atoms with van der Waals surface area (Å²) >= 11 is 0. The molecule has 4 rings (SSSR count). The molecule has 0 aromatic heterocycles. The molecule has 1 fully saturated rings. The van der Waals surface area contributed by atoms with Crippen molar-refractivity contribution in [2.75, 3.05) is 32.8 Å². The fourth-order valence-corrected chi connectivity index (χ4v) is 5.44. The number of carbonyl (C=O) groups is 3. The van der Waals surface area contributed by atoms with Crippen molar-refractivity contribution in [2.45, 2.75) is 58.5 Å². The first-order chi connectivity index (χ1) is 18.0. The summed E-state index contributed by atoms with van der Waals surface area (Å²) in [5.74, 6) is -0.961. The van der Waals surface area contributed by atoms with Crippen molar-refractivity contribution in [3.05, 3.63) is 59.7 Å². The number of ether oxygens (including phenoxy) is 2. The Kier molecular flexibility index (Phi) is 7.99. The van der Waals surface area contributed by atoms with E-state index in [1.165, 1.54) is 0 Å². The number of benzene rings is 2. The lowest BCUT2D eigenvalue weighted by Gasteiger charge is -2.32. The van der Waals surface area contributed by atoms with Crippen molar-refractivity contribution in [1.82, 2.24) is 9.80 Å². The number of carboxylic acids is 1. The predicted molar refractivity (Wildman–Crippen MR) is 144 cm³/mol. The van der Waals surface area contributed by atoms with Gasteiger partial charge in [-0.2, -0.15) is 0 Å². The van der Waals surface area contributed by atoms with Crippen LogP contribution in [0.1, 0.15) is 64.0 Å². The van der Waals surface area contributed by atoms with E-state index >= 15 is 0 Å². The van der Waals surface area contributed by atoms with Gasteiger partial charge >= 0.3 is 18.2 Å². The fraction of sp³-hybridized carbons (Fsp3) is 0.500. The molecule has 204 valence electrons. The standard InChI is InChI=1S/C30H38N2O6/c1-29(2,3)38-28(36)32-17-15-30(4,20-32)19-31(16-9-14-26(33)34)27(35)37-18-25-23-12-7-5-10-21(23)22-11-6-8-13-24(22)25/h5-8,10-13,25H,9,14-20H2,1-4H3,(H,33,34). The quantitative estimate of drug-likeness (QED) is 0.474. The van der Waals surface area contributed by atoms with Gasteiger partial charge in [-0.3, -0.25) is 4.79 Å². The Morgan fingerprint density at radius 1 is 1.05 bits per heavy atom. The third-order valence-corrected chi connectivity index (χ3v) is 7.20. The van der Waals surface area contributed by atoms with Gasteiger partial charge in [0, 0.05) is 43.9 Å². The number of amides is 2. The van der Waals surface area contributed by atoms with E-state index in [2.05, 4.69) is 24.3 Å². The van der Waals surface area contributed by atoms with Crippen LogP contribution in [0.5, 0.6) is 0 Å². The highest BCUT2D eigenvalue weighted by atomic mass is 16.6. The first kappa shape index (κ1) is 27.5. The summed E-state index contributed by atoms with van der Waals surface area (Å²) in [6, 6.07) is 16.3. The van der Waals surface area contributed by atoms with Gasteiger partial charge in [0.05, 0.1) is 0 Å². The van der Waals surface area contributed by atoms with Gasteiger partial charge in [0.15, 0.2) is 0 Å². The number of hydrogen-bond acceptors (Lipinski definition) is 5. The highest BCUT2D eigenvalue weighted by Gasteiger charge is 2.40. The Bertz CT molecular complexity index is 1140. The van der Waals surface area contributed by atoms with Crippen molar-refractivity contribution in [3.63, 3.8) is 0 Å². The summed E-state index contributed by atoms with van der Waals surface area (Å²) in [5.41, 5.74) is 3.64. The molecule has 0 spiro atoms. The van der Waals surface area contributed by atoms with Crippen LogP contribution in [0.2, 0.25) is 0 Å². The van der Waals surface area contributed by atoms with E-state index in [-0.39, 0.29) is 37.0 Å². The molecular formula is C30H38N2O6. The number of fused-ring (bicyclic) bond motifs is 3. The van der Waals surface area contributed by atoms with Gasteiger partial charge in [-0.15, -0.1) is 0 Å². The molecule has 1 N–H and O–H groups in total. The van der Waals surface area contributed by atoms with E-state index in [0.717, 1.165) is 22.3 Å². The third kappa shape index (κ3) is 6.47. The predicted octanol–water partition coefficient (Wildman–Crippen LogP) is 5.75. The molecule has 1 saturated heterocycles. The van der Waals surface area contributed by atoms with Gasteiger partial charge in [0.25, 0.3) is 0 Å². The zero-order valence-corrected chi connectivity index (χ0v) is 22.7. The van der Waals surface area contributed by atoms with Gasteiger partial charge in [-0.25, -0.2) is 9.59 Å². The number of likely N-dealkylation sites (tertiary alicyclic amines) is 1. The number of aliphatic carboxylic acids is 1. The maximum absolute atomic E-state index is 13.4. The average Bonchev–Trinajstić information content (AvgIpc) is 3.39. The molecule has 1 unspecified atom stereocenters. The van der Waals surface area contributed by atoms with E-state index in [1.54, 1.807) is 9.80 Å². The number of nitrogens with zero attached hydrogens (tertiary/aromatic N) is 2. The minimum absolute atomic E-state index is 0.0338. The van der Waals surface area contributed by atoms with Gasteiger partial charge < -0.3 is 24.4 Å². The summed E-state index contributed by atoms with van der Waals surface area (Å²) in [4.78, 5) is 40.4. The average molecular weight is 523 g/mol. The Labute approximate surface area is 224 Å². The fourth-order valence-electron chi connectivity index (χ4n) is 5.44. The molecule has 1 aliphatic carbocycles. The maximum atomic E-state index is 13.4. The zero-order valence-electron chi connectivity index (χ0n) is 22.7. The SMILES string of the molecule is CC1(CN(CCCC(=O)O)C(=O)OCC2c3ccccc3-c3ccccc32)CCN(C(=O)OC(C)(C)C)C1. The highest BCUT2D eigenvalue weighted by Crippen LogP contribution is 2.44. The lowest BCUT2D eigenvalue weighted by molar-refractivity contribution is -0.137.